The van der Waals surface area contributed by atoms with Crippen molar-refractivity contribution in [3.63, 3.8) is 0 Å². The summed E-state index contributed by atoms with van der Waals surface area (Å²) in [6, 6.07) is 0.685. The Balaban J connectivity index is 2.35. The molecule has 0 aromatic carbocycles. The number of likely N-dealkylation sites (N-methyl/N-ethyl adjacent to an activating group) is 1. The quantitative estimate of drug-likeness (QED) is 0.699. The predicted molar refractivity (Wildman–Crippen MR) is 83.1 cm³/mol. The molecule has 0 heterocycles. The summed E-state index contributed by atoms with van der Waals surface area (Å²) < 4.78 is 0. The van der Waals surface area contributed by atoms with E-state index in [2.05, 4.69) is 17.3 Å². The summed E-state index contributed by atoms with van der Waals surface area (Å²) in [5.74, 6) is -0.0534. The van der Waals surface area contributed by atoms with Crippen molar-refractivity contribution in [3.05, 3.63) is 0 Å². The number of carbonyl (C=O) groups excluding carboxylic acids is 1. The molecule has 110 valence electrons. The smallest absolute Gasteiger partial charge is 0.232 e. The summed E-state index contributed by atoms with van der Waals surface area (Å²) >= 11 is 5.00. The number of nitrogens with zero attached hydrogens (tertiary/aromatic N) is 1. The van der Waals surface area contributed by atoms with Crippen molar-refractivity contribution in [1.82, 2.24) is 10.2 Å². The second-order valence-electron chi connectivity index (χ2n) is 5.72. The van der Waals surface area contributed by atoms with Gasteiger partial charge >= 0.3 is 0 Å². The molecule has 0 saturated heterocycles. The zero-order valence-electron chi connectivity index (χ0n) is 12.4. The summed E-state index contributed by atoms with van der Waals surface area (Å²) in [6.45, 7) is 5.28. The molecule has 5 heteroatoms. The number of thiocarbonyl (C=S) groups is 1. The molecular weight excluding hydrogens is 258 g/mol. The number of nitrogens with one attached hydrogen (secondary N) is 1. The molecule has 4 nitrogen and oxygen atoms in total. The lowest BCUT2D eigenvalue weighted by Gasteiger charge is -2.27. The van der Waals surface area contributed by atoms with Gasteiger partial charge in [0, 0.05) is 19.1 Å². The summed E-state index contributed by atoms with van der Waals surface area (Å²) in [5, 5.41) is 2.96. The number of carbonyl (C=O) groups is 1. The van der Waals surface area contributed by atoms with E-state index in [-0.39, 0.29) is 10.9 Å². The average Bonchev–Trinajstić information content (AvgIpc) is 2.90. The molecule has 1 aliphatic carbocycles. The molecule has 0 spiro atoms. The Morgan fingerprint density at radius 2 is 2.05 bits per heavy atom. The number of nitrogens with two attached hydrogens (primary N) is 1. The Labute approximate surface area is 122 Å². The van der Waals surface area contributed by atoms with Crippen molar-refractivity contribution in [2.45, 2.75) is 52.0 Å². The maximum atomic E-state index is 12.1. The van der Waals surface area contributed by atoms with Crippen LogP contribution in [-0.2, 0) is 4.79 Å². The Hall–Kier alpha value is -0.680. The molecule has 1 amide bonds. The molecule has 0 aromatic heterocycles. The van der Waals surface area contributed by atoms with Crippen molar-refractivity contribution in [2.75, 3.05) is 20.1 Å². The van der Waals surface area contributed by atoms with Crippen molar-refractivity contribution in [3.8, 4) is 0 Å². The van der Waals surface area contributed by atoms with Gasteiger partial charge in [0.05, 0.1) is 10.4 Å². The van der Waals surface area contributed by atoms with Crippen LogP contribution in [0.3, 0.4) is 0 Å². The van der Waals surface area contributed by atoms with Crippen LogP contribution in [0, 0.1) is 5.41 Å². The van der Waals surface area contributed by atoms with Crippen molar-refractivity contribution >= 4 is 23.1 Å². The summed E-state index contributed by atoms with van der Waals surface area (Å²) in [6.07, 6.45) is 5.86. The van der Waals surface area contributed by atoms with Crippen molar-refractivity contribution in [1.29, 1.82) is 0 Å². The number of amides is 1. The molecule has 0 radical (unpaired) electrons. The lowest BCUT2D eigenvalue weighted by molar-refractivity contribution is -0.127. The Morgan fingerprint density at radius 3 is 2.53 bits per heavy atom. The van der Waals surface area contributed by atoms with Crippen molar-refractivity contribution in [2.24, 2.45) is 11.1 Å². The van der Waals surface area contributed by atoms with Gasteiger partial charge < -0.3 is 16.0 Å². The highest BCUT2D eigenvalue weighted by Gasteiger charge is 2.34. The summed E-state index contributed by atoms with van der Waals surface area (Å²) in [5.41, 5.74) is 4.95. The zero-order valence-corrected chi connectivity index (χ0v) is 13.2. The first-order chi connectivity index (χ1) is 8.91. The van der Waals surface area contributed by atoms with Gasteiger partial charge in [-0.1, -0.05) is 32.0 Å². The van der Waals surface area contributed by atoms with E-state index in [1.54, 1.807) is 0 Å². The standard InChI is InChI=1S/C14H27N3OS/c1-4-14(2,12(15)19)13(18)16-9-10-17(3)11-7-5-6-8-11/h11H,4-10H2,1-3H3,(H2,15,19)(H,16,18). The van der Waals surface area contributed by atoms with Crippen LogP contribution in [0.5, 0.6) is 0 Å². The van der Waals surface area contributed by atoms with E-state index in [9.17, 15) is 4.79 Å². The van der Waals surface area contributed by atoms with E-state index >= 15 is 0 Å². The molecule has 19 heavy (non-hydrogen) atoms. The number of hydrogen-bond acceptors (Lipinski definition) is 3. The van der Waals surface area contributed by atoms with Gasteiger partial charge in [0.2, 0.25) is 5.91 Å². The largest absolute Gasteiger partial charge is 0.392 e. The molecule has 1 saturated carbocycles. The van der Waals surface area contributed by atoms with E-state index in [1.165, 1.54) is 25.7 Å². The minimum absolute atomic E-state index is 0.0534. The lowest BCUT2D eigenvalue weighted by atomic mass is 9.86. The van der Waals surface area contributed by atoms with Crippen LogP contribution in [0.2, 0.25) is 0 Å². The highest BCUT2D eigenvalue weighted by atomic mass is 32.1. The van der Waals surface area contributed by atoms with Gasteiger partial charge in [0.1, 0.15) is 0 Å². The topological polar surface area (TPSA) is 58.4 Å². The fourth-order valence-corrected chi connectivity index (χ4v) is 2.75. The highest BCUT2D eigenvalue weighted by Crippen LogP contribution is 2.23. The van der Waals surface area contributed by atoms with Gasteiger partial charge in [0.25, 0.3) is 0 Å². The third-order valence-electron chi connectivity index (χ3n) is 4.45. The molecule has 3 N–H and O–H groups in total. The molecule has 1 aliphatic rings. The minimum Gasteiger partial charge on any atom is -0.392 e. The first-order valence-corrected chi connectivity index (χ1v) is 7.61. The molecule has 1 fully saturated rings. The van der Waals surface area contributed by atoms with E-state index < -0.39 is 5.41 Å². The SMILES string of the molecule is CCC(C)(C(=O)NCCN(C)C1CCCC1)C(N)=S. The number of hydrogen-bond donors (Lipinski definition) is 2. The first kappa shape index (κ1) is 16.4. The van der Waals surface area contributed by atoms with Gasteiger partial charge in [-0.25, -0.2) is 0 Å². The lowest BCUT2D eigenvalue weighted by Crippen LogP contribution is -2.48. The van der Waals surface area contributed by atoms with Crippen LogP contribution < -0.4 is 11.1 Å². The Kier molecular flexibility index (Phi) is 6.20. The van der Waals surface area contributed by atoms with Gasteiger partial charge in [-0.3, -0.25) is 4.79 Å². The van der Waals surface area contributed by atoms with E-state index in [4.69, 9.17) is 18.0 Å². The molecular formula is C14H27N3OS. The molecule has 0 aliphatic heterocycles. The fraction of sp³-hybridized carbons (Fsp3) is 0.857. The summed E-state index contributed by atoms with van der Waals surface area (Å²) in [4.78, 5) is 14.8. The third kappa shape index (κ3) is 4.14. The van der Waals surface area contributed by atoms with E-state index in [0.29, 0.717) is 19.0 Å². The zero-order chi connectivity index (χ0) is 14.5. The second-order valence-corrected chi connectivity index (χ2v) is 6.16. The minimum atomic E-state index is -0.721. The van der Waals surface area contributed by atoms with Crippen LogP contribution in [0.1, 0.15) is 46.0 Å². The monoisotopic (exact) mass is 285 g/mol. The Bertz CT molecular complexity index is 329. The number of rotatable bonds is 7. The Morgan fingerprint density at radius 1 is 1.47 bits per heavy atom. The van der Waals surface area contributed by atoms with Gasteiger partial charge in [-0.05, 0) is 33.2 Å². The van der Waals surface area contributed by atoms with E-state index in [1.807, 2.05) is 13.8 Å². The van der Waals surface area contributed by atoms with Gasteiger partial charge in [-0.2, -0.15) is 0 Å². The van der Waals surface area contributed by atoms with Crippen LogP contribution in [0.15, 0.2) is 0 Å². The fourth-order valence-electron chi connectivity index (χ4n) is 2.52. The van der Waals surface area contributed by atoms with Crippen LogP contribution in [0.25, 0.3) is 0 Å². The summed E-state index contributed by atoms with van der Waals surface area (Å²) in [7, 11) is 2.13. The molecule has 1 atom stereocenters. The van der Waals surface area contributed by atoms with Crippen molar-refractivity contribution < 1.29 is 4.79 Å². The maximum absolute atomic E-state index is 12.1. The maximum Gasteiger partial charge on any atom is 0.232 e. The second kappa shape index (κ2) is 7.20. The average molecular weight is 285 g/mol. The predicted octanol–water partition coefficient (Wildman–Crippen LogP) is 1.68. The van der Waals surface area contributed by atoms with Crippen LogP contribution >= 0.6 is 12.2 Å². The normalized spacial score (nSPS) is 19.4. The van der Waals surface area contributed by atoms with Crippen LogP contribution in [0.4, 0.5) is 0 Å². The molecule has 1 rings (SSSR count). The van der Waals surface area contributed by atoms with Gasteiger partial charge in [-0.15, -0.1) is 0 Å². The first-order valence-electron chi connectivity index (χ1n) is 7.20. The highest BCUT2D eigenvalue weighted by molar-refractivity contribution is 7.80. The third-order valence-corrected chi connectivity index (χ3v) is 4.90. The van der Waals surface area contributed by atoms with Gasteiger partial charge in [0.15, 0.2) is 0 Å². The van der Waals surface area contributed by atoms with Crippen LogP contribution in [-0.4, -0.2) is 42.0 Å². The molecule has 1 unspecified atom stereocenters. The molecule has 0 aromatic rings. The molecule has 0 bridgehead atoms. The van der Waals surface area contributed by atoms with E-state index in [0.717, 1.165) is 6.54 Å².